The third kappa shape index (κ3) is 2.72. The van der Waals surface area contributed by atoms with Gasteiger partial charge < -0.3 is 4.90 Å². The van der Waals surface area contributed by atoms with Crippen LogP contribution in [0.5, 0.6) is 0 Å². The quantitative estimate of drug-likeness (QED) is 0.835. The normalized spacial score (nSPS) is 18.8. The lowest BCUT2D eigenvalue weighted by molar-refractivity contribution is -0.116. The molecule has 0 fully saturated rings. The number of carbonyl (C=O) groups excluding carboxylic acids is 1. The van der Waals surface area contributed by atoms with Gasteiger partial charge in [-0.25, -0.2) is 8.42 Å². The van der Waals surface area contributed by atoms with Crippen molar-refractivity contribution in [2.24, 2.45) is 0 Å². The minimum absolute atomic E-state index is 0.00399. The first-order chi connectivity index (χ1) is 8.38. The molecule has 0 saturated heterocycles. The Bertz CT molecular complexity index is 565. The molecule has 1 heterocycles. The maximum Gasteiger partial charge on any atom is 0.223 e. The van der Waals surface area contributed by atoms with Crippen LogP contribution in [0.15, 0.2) is 24.3 Å². The van der Waals surface area contributed by atoms with Crippen molar-refractivity contribution in [2.45, 2.75) is 19.3 Å². The molecule has 1 aromatic carbocycles. The van der Waals surface area contributed by atoms with Crippen LogP contribution >= 0.6 is 0 Å². The van der Waals surface area contributed by atoms with Crippen LogP contribution in [0.3, 0.4) is 0 Å². The molecule has 1 unspecified atom stereocenters. The van der Waals surface area contributed by atoms with E-state index in [0.717, 1.165) is 11.3 Å². The van der Waals surface area contributed by atoms with Crippen molar-refractivity contribution in [1.29, 1.82) is 0 Å². The second kappa shape index (κ2) is 4.72. The van der Waals surface area contributed by atoms with E-state index >= 15 is 0 Å². The Morgan fingerprint density at radius 1 is 1.39 bits per heavy atom. The van der Waals surface area contributed by atoms with E-state index in [9.17, 15) is 13.2 Å². The molecular formula is C13H17NO3S. The third-order valence-corrected chi connectivity index (χ3v) is 4.26. The van der Waals surface area contributed by atoms with E-state index in [0.29, 0.717) is 13.0 Å². The van der Waals surface area contributed by atoms with Gasteiger partial charge in [0.1, 0.15) is 9.84 Å². The van der Waals surface area contributed by atoms with Crippen LogP contribution in [0.4, 0.5) is 5.69 Å². The number of rotatable bonds is 3. The third-order valence-electron chi connectivity index (χ3n) is 3.29. The van der Waals surface area contributed by atoms with Gasteiger partial charge in [0.15, 0.2) is 0 Å². The van der Waals surface area contributed by atoms with Gasteiger partial charge in [-0.1, -0.05) is 18.2 Å². The zero-order valence-corrected chi connectivity index (χ0v) is 11.4. The Morgan fingerprint density at radius 3 is 2.67 bits per heavy atom. The number of amides is 1. The van der Waals surface area contributed by atoms with Crippen molar-refractivity contribution < 1.29 is 13.2 Å². The van der Waals surface area contributed by atoms with Crippen molar-refractivity contribution in [3.63, 3.8) is 0 Å². The first-order valence-electron chi connectivity index (χ1n) is 5.93. The zero-order valence-electron chi connectivity index (χ0n) is 10.6. The van der Waals surface area contributed by atoms with Gasteiger partial charge in [0.2, 0.25) is 5.91 Å². The summed E-state index contributed by atoms with van der Waals surface area (Å²) in [7, 11) is -2.96. The van der Waals surface area contributed by atoms with Crippen LogP contribution < -0.4 is 4.90 Å². The van der Waals surface area contributed by atoms with Gasteiger partial charge in [0, 0.05) is 31.3 Å². The minimum Gasteiger partial charge on any atom is -0.312 e. The van der Waals surface area contributed by atoms with Crippen molar-refractivity contribution in [1.82, 2.24) is 0 Å². The first kappa shape index (κ1) is 13.1. The number of sulfone groups is 1. The topological polar surface area (TPSA) is 54.5 Å². The molecule has 0 bridgehead atoms. The highest BCUT2D eigenvalue weighted by Gasteiger charge is 2.30. The molecule has 1 aliphatic heterocycles. The van der Waals surface area contributed by atoms with Gasteiger partial charge >= 0.3 is 0 Å². The van der Waals surface area contributed by atoms with Crippen molar-refractivity contribution in [3.8, 4) is 0 Å². The minimum atomic E-state index is -2.96. The van der Waals surface area contributed by atoms with E-state index in [1.807, 2.05) is 24.3 Å². The van der Waals surface area contributed by atoms with Crippen molar-refractivity contribution in [2.75, 3.05) is 23.5 Å². The van der Waals surface area contributed by atoms with Gasteiger partial charge in [0.05, 0.1) is 5.75 Å². The van der Waals surface area contributed by atoms with Gasteiger partial charge in [0.25, 0.3) is 0 Å². The number of nitrogens with zero attached hydrogens (tertiary/aromatic N) is 1. The first-order valence-corrected chi connectivity index (χ1v) is 7.99. The number of para-hydroxylation sites is 1. The molecule has 1 aliphatic rings. The van der Waals surface area contributed by atoms with E-state index in [1.54, 1.807) is 4.90 Å². The maximum absolute atomic E-state index is 11.6. The van der Waals surface area contributed by atoms with Gasteiger partial charge in [-0.3, -0.25) is 4.79 Å². The number of fused-ring (bicyclic) bond motifs is 1. The van der Waals surface area contributed by atoms with E-state index in [2.05, 4.69) is 0 Å². The number of benzene rings is 1. The van der Waals surface area contributed by atoms with Crippen molar-refractivity contribution in [3.05, 3.63) is 29.8 Å². The van der Waals surface area contributed by atoms with E-state index in [1.165, 1.54) is 13.2 Å². The Hall–Kier alpha value is -1.36. The summed E-state index contributed by atoms with van der Waals surface area (Å²) < 4.78 is 22.5. The molecule has 1 aromatic rings. The van der Waals surface area contributed by atoms with E-state index in [4.69, 9.17) is 0 Å². The molecule has 4 nitrogen and oxygen atoms in total. The molecule has 0 radical (unpaired) electrons. The van der Waals surface area contributed by atoms with E-state index in [-0.39, 0.29) is 17.6 Å². The molecular weight excluding hydrogens is 250 g/mol. The molecule has 0 aromatic heterocycles. The molecule has 2 rings (SSSR count). The standard InChI is InChI=1S/C13H17NO3S/c1-10(15)14-9-11(7-8-18(2,16)17)12-5-3-4-6-13(12)14/h3-6,11H,7-9H2,1-2H3. The Balaban J connectivity index is 2.23. The highest BCUT2D eigenvalue weighted by atomic mass is 32.2. The number of hydrogen-bond donors (Lipinski definition) is 0. The molecule has 98 valence electrons. The summed E-state index contributed by atoms with van der Waals surface area (Å²) in [6.07, 6.45) is 1.82. The molecule has 0 N–H and O–H groups in total. The highest BCUT2D eigenvalue weighted by molar-refractivity contribution is 7.90. The van der Waals surface area contributed by atoms with E-state index < -0.39 is 9.84 Å². The predicted molar refractivity (Wildman–Crippen MR) is 71.5 cm³/mol. The lowest BCUT2D eigenvalue weighted by Gasteiger charge is -2.15. The summed E-state index contributed by atoms with van der Waals surface area (Å²) >= 11 is 0. The summed E-state index contributed by atoms with van der Waals surface area (Å²) in [5.41, 5.74) is 2.00. The summed E-state index contributed by atoms with van der Waals surface area (Å²) in [6, 6.07) is 7.71. The van der Waals surface area contributed by atoms with Crippen LogP contribution in [0.25, 0.3) is 0 Å². The maximum atomic E-state index is 11.6. The highest BCUT2D eigenvalue weighted by Crippen LogP contribution is 2.37. The molecule has 0 spiro atoms. The molecule has 1 atom stereocenters. The molecule has 5 heteroatoms. The van der Waals surface area contributed by atoms with Crippen LogP contribution in [0, 0.1) is 0 Å². The number of carbonyl (C=O) groups is 1. The molecule has 0 aliphatic carbocycles. The molecule has 0 saturated carbocycles. The summed E-state index contributed by atoms with van der Waals surface area (Å²) in [6.45, 7) is 2.12. The lowest BCUT2D eigenvalue weighted by atomic mass is 9.99. The Kier molecular flexibility index (Phi) is 3.43. The fraction of sp³-hybridized carbons (Fsp3) is 0.462. The SMILES string of the molecule is CC(=O)N1CC(CCS(C)(=O)=O)c2ccccc21. The average Bonchev–Trinajstić information content (AvgIpc) is 2.64. The second-order valence-electron chi connectivity index (χ2n) is 4.80. The molecule has 18 heavy (non-hydrogen) atoms. The lowest BCUT2D eigenvalue weighted by Crippen LogP contribution is -2.27. The average molecular weight is 267 g/mol. The van der Waals surface area contributed by atoms with Gasteiger partial charge in [-0.15, -0.1) is 0 Å². The largest absolute Gasteiger partial charge is 0.312 e. The summed E-state index contributed by atoms with van der Waals surface area (Å²) in [5, 5.41) is 0. The summed E-state index contributed by atoms with van der Waals surface area (Å²) in [5.74, 6) is 0.293. The summed E-state index contributed by atoms with van der Waals surface area (Å²) in [4.78, 5) is 13.3. The fourth-order valence-electron chi connectivity index (χ4n) is 2.40. The smallest absolute Gasteiger partial charge is 0.223 e. The number of anilines is 1. The van der Waals surface area contributed by atoms with Crippen LogP contribution in [-0.4, -0.2) is 32.9 Å². The second-order valence-corrected chi connectivity index (χ2v) is 7.06. The Morgan fingerprint density at radius 2 is 2.06 bits per heavy atom. The number of hydrogen-bond acceptors (Lipinski definition) is 3. The molecule has 1 amide bonds. The van der Waals surface area contributed by atoms with Gasteiger partial charge in [-0.2, -0.15) is 0 Å². The fourth-order valence-corrected chi connectivity index (χ4v) is 3.11. The monoisotopic (exact) mass is 267 g/mol. The van der Waals surface area contributed by atoms with Crippen LogP contribution in [0.2, 0.25) is 0 Å². The Labute approximate surface area is 108 Å². The predicted octanol–water partition coefficient (Wildman–Crippen LogP) is 1.57. The van der Waals surface area contributed by atoms with Crippen LogP contribution in [0.1, 0.15) is 24.8 Å². The van der Waals surface area contributed by atoms with Gasteiger partial charge in [-0.05, 0) is 18.1 Å². The zero-order chi connectivity index (χ0) is 13.3. The van der Waals surface area contributed by atoms with Crippen LogP contribution in [-0.2, 0) is 14.6 Å². The van der Waals surface area contributed by atoms with Crippen molar-refractivity contribution >= 4 is 21.4 Å².